The smallest absolute Gasteiger partial charge is 0.313 e. The molecule has 4 aliphatic rings. The Morgan fingerprint density at radius 1 is 1.17 bits per heavy atom. The molecule has 3 aliphatic carbocycles. The zero-order valence-electron chi connectivity index (χ0n) is 18.6. The zero-order chi connectivity index (χ0) is 21.4. The molecule has 3 atom stereocenters. The summed E-state index contributed by atoms with van der Waals surface area (Å²) in [4.78, 5) is 37.6. The summed E-state index contributed by atoms with van der Waals surface area (Å²) in [5, 5.41) is 0. The number of carbonyl (C=O) groups is 2. The number of hydrogen-bond donors (Lipinski definition) is 0. The Labute approximate surface area is 173 Å². The van der Waals surface area contributed by atoms with E-state index >= 15 is 0 Å². The van der Waals surface area contributed by atoms with Crippen molar-refractivity contribution in [2.75, 3.05) is 19.8 Å². The van der Waals surface area contributed by atoms with Crippen LogP contribution in [-0.4, -0.2) is 48.0 Å². The standard InChI is InChI=1S/C22H35NO6/c1-7-26-22(27-8-2,11-12-23-18(24)13-15(3)19(23)25)29-28-21-14-17(20(21,5)6)10-9-16(21)4/h13,16-17H,7-12,14H2,1-6H3. The molecule has 1 heterocycles. The molecule has 0 saturated heterocycles. The summed E-state index contributed by atoms with van der Waals surface area (Å²) in [6.45, 7) is 12.8. The van der Waals surface area contributed by atoms with Gasteiger partial charge in [0.15, 0.2) is 0 Å². The van der Waals surface area contributed by atoms with Gasteiger partial charge in [-0.05, 0) is 51.9 Å². The SMILES string of the molecule is CCOC(CCN1C(=O)C=C(C)C1=O)(OCC)OOC12CC(CCC1C)C2(C)C. The molecular weight excluding hydrogens is 374 g/mol. The Hall–Kier alpha value is -1.28. The maximum Gasteiger partial charge on any atom is 0.313 e. The third-order valence-electron chi connectivity index (χ3n) is 7.28. The van der Waals surface area contributed by atoms with E-state index < -0.39 is 5.97 Å². The molecule has 0 aromatic heterocycles. The maximum absolute atomic E-state index is 12.2. The molecule has 0 N–H and O–H groups in total. The number of ether oxygens (including phenoxy) is 2. The predicted molar refractivity (Wildman–Crippen MR) is 106 cm³/mol. The number of hydrogen-bond acceptors (Lipinski definition) is 6. The Balaban J connectivity index is 1.73. The van der Waals surface area contributed by atoms with Crippen LogP contribution in [0.2, 0.25) is 0 Å². The van der Waals surface area contributed by atoms with Crippen LogP contribution in [0.5, 0.6) is 0 Å². The molecule has 7 heteroatoms. The van der Waals surface area contributed by atoms with Gasteiger partial charge in [0, 0.05) is 36.8 Å². The Bertz CT molecular complexity index is 681. The molecule has 29 heavy (non-hydrogen) atoms. The van der Waals surface area contributed by atoms with Crippen molar-refractivity contribution in [1.29, 1.82) is 0 Å². The van der Waals surface area contributed by atoms with Gasteiger partial charge in [0.2, 0.25) is 0 Å². The topological polar surface area (TPSA) is 74.3 Å². The van der Waals surface area contributed by atoms with Crippen LogP contribution in [0.3, 0.4) is 0 Å². The Kier molecular flexibility index (Phi) is 6.26. The molecule has 4 rings (SSSR count). The average Bonchev–Trinajstić information content (AvgIpc) is 2.91. The maximum atomic E-state index is 12.2. The van der Waals surface area contributed by atoms with Gasteiger partial charge in [0.05, 0.1) is 6.42 Å². The van der Waals surface area contributed by atoms with E-state index in [9.17, 15) is 9.59 Å². The molecule has 2 bridgehead atoms. The lowest BCUT2D eigenvalue weighted by atomic mass is 9.43. The van der Waals surface area contributed by atoms with Gasteiger partial charge in [0.1, 0.15) is 5.60 Å². The van der Waals surface area contributed by atoms with Crippen molar-refractivity contribution >= 4 is 11.8 Å². The zero-order valence-corrected chi connectivity index (χ0v) is 18.6. The van der Waals surface area contributed by atoms with Crippen LogP contribution in [-0.2, 0) is 28.8 Å². The van der Waals surface area contributed by atoms with Gasteiger partial charge < -0.3 is 9.47 Å². The average molecular weight is 410 g/mol. The van der Waals surface area contributed by atoms with Gasteiger partial charge in [-0.2, -0.15) is 4.89 Å². The molecule has 3 saturated carbocycles. The quantitative estimate of drug-likeness (QED) is 0.238. The van der Waals surface area contributed by atoms with Crippen molar-refractivity contribution in [3.63, 3.8) is 0 Å². The van der Waals surface area contributed by atoms with Crippen molar-refractivity contribution in [3.8, 4) is 0 Å². The summed E-state index contributed by atoms with van der Waals surface area (Å²) < 4.78 is 11.7. The van der Waals surface area contributed by atoms with Gasteiger partial charge in [0.25, 0.3) is 11.8 Å². The van der Waals surface area contributed by atoms with E-state index in [-0.39, 0.29) is 35.8 Å². The Morgan fingerprint density at radius 2 is 1.83 bits per heavy atom. The molecule has 3 fully saturated rings. The molecule has 7 nitrogen and oxygen atoms in total. The van der Waals surface area contributed by atoms with Crippen LogP contribution < -0.4 is 0 Å². The van der Waals surface area contributed by atoms with Gasteiger partial charge in [-0.1, -0.05) is 20.8 Å². The van der Waals surface area contributed by atoms with E-state index in [1.54, 1.807) is 6.92 Å². The number of imide groups is 1. The molecule has 0 spiro atoms. The second-order valence-electron chi connectivity index (χ2n) is 9.08. The summed E-state index contributed by atoms with van der Waals surface area (Å²) in [5.41, 5.74) is 0.0616. The van der Waals surface area contributed by atoms with Crippen molar-refractivity contribution in [2.24, 2.45) is 17.3 Å². The number of rotatable bonds is 10. The fraction of sp³-hybridized carbons (Fsp3) is 0.818. The predicted octanol–water partition coefficient (Wildman–Crippen LogP) is 3.58. The van der Waals surface area contributed by atoms with Gasteiger partial charge in [-0.3, -0.25) is 14.5 Å². The van der Waals surface area contributed by atoms with E-state index in [4.69, 9.17) is 19.2 Å². The minimum atomic E-state index is -1.46. The third kappa shape index (κ3) is 3.67. The largest absolute Gasteiger partial charge is 0.326 e. The first-order valence-corrected chi connectivity index (χ1v) is 10.8. The molecule has 2 amide bonds. The second-order valence-corrected chi connectivity index (χ2v) is 9.08. The van der Waals surface area contributed by atoms with E-state index in [1.807, 2.05) is 13.8 Å². The van der Waals surface area contributed by atoms with Crippen molar-refractivity contribution in [3.05, 3.63) is 11.6 Å². The van der Waals surface area contributed by atoms with Gasteiger partial charge in [-0.25, -0.2) is 4.89 Å². The minimum Gasteiger partial charge on any atom is -0.326 e. The molecule has 0 aromatic rings. The van der Waals surface area contributed by atoms with E-state index in [0.29, 0.717) is 30.6 Å². The van der Waals surface area contributed by atoms with Crippen LogP contribution >= 0.6 is 0 Å². The van der Waals surface area contributed by atoms with Crippen molar-refractivity contribution in [1.82, 2.24) is 4.90 Å². The van der Waals surface area contributed by atoms with Crippen LogP contribution in [0, 0.1) is 17.3 Å². The highest BCUT2D eigenvalue weighted by molar-refractivity contribution is 6.15. The lowest BCUT2D eigenvalue weighted by molar-refractivity contribution is -0.559. The number of fused-ring (bicyclic) bond motifs is 2. The fourth-order valence-electron chi connectivity index (χ4n) is 5.26. The van der Waals surface area contributed by atoms with Crippen molar-refractivity contribution < 1.29 is 28.8 Å². The summed E-state index contributed by atoms with van der Waals surface area (Å²) in [6.07, 6.45) is 4.80. The Morgan fingerprint density at radius 3 is 2.31 bits per heavy atom. The lowest BCUT2D eigenvalue weighted by Gasteiger charge is -2.66. The highest BCUT2D eigenvalue weighted by atomic mass is 17.3. The first kappa shape index (κ1) is 22.4. The molecule has 1 aliphatic heterocycles. The summed E-state index contributed by atoms with van der Waals surface area (Å²) in [6, 6.07) is 0. The van der Waals surface area contributed by atoms with Gasteiger partial charge >= 0.3 is 5.97 Å². The lowest BCUT2D eigenvalue weighted by Crippen LogP contribution is -2.69. The van der Waals surface area contributed by atoms with Crippen LogP contribution in [0.25, 0.3) is 0 Å². The fourth-order valence-corrected chi connectivity index (χ4v) is 5.26. The van der Waals surface area contributed by atoms with Gasteiger partial charge in [-0.15, -0.1) is 0 Å². The van der Waals surface area contributed by atoms with Crippen LogP contribution in [0.15, 0.2) is 11.6 Å². The molecule has 164 valence electrons. The number of amides is 2. The summed E-state index contributed by atoms with van der Waals surface area (Å²) in [7, 11) is 0. The number of nitrogens with zero attached hydrogens (tertiary/aromatic N) is 1. The number of carbonyl (C=O) groups excluding carboxylic acids is 2. The summed E-state index contributed by atoms with van der Waals surface area (Å²) in [5.74, 6) is -1.09. The van der Waals surface area contributed by atoms with E-state index in [1.165, 1.54) is 17.4 Å². The monoisotopic (exact) mass is 409 g/mol. The molecule has 0 radical (unpaired) electrons. The van der Waals surface area contributed by atoms with Crippen LogP contribution in [0.1, 0.15) is 67.2 Å². The summed E-state index contributed by atoms with van der Waals surface area (Å²) >= 11 is 0. The molecule has 3 unspecified atom stereocenters. The van der Waals surface area contributed by atoms with Crippen molar-refractivity contribution in [2.45, 2.75) is 78.8 Å². The highest BCUT2D eigenvalue weighted by Gasteiger charge is 2.67. The van der Waals surface area contributed by atoms with E-state index in [2.05, 4.69) is 20.8 Å². The third-order valence-corrected chi connectivity index (χ3v) is 7.28. The minimum absolute atomic E-state index is 0.0107. The van der Waals surface area contributed by atoms with Crippen LogP contribution in [0.4, 0.5) is 0 Å². The second kappa shape index (κ2) is 8.10. The normalized spacial score (nSPS) is 31.1. The first-order chi connectivity index (χ1) is 13.6. The first-order valence-electron chi connectivity index (χ1n) is 10.8. The molecule has 0 aromatic carbocycles. The van der Waals surface area contributed by atoms with E-state index in [0.717, 1.165) is 12.8 Å². The highest BCUT2D eigenvalue weighted by Crippen LogP contribution is 2.66. The molecular formula is C22H35NO6.